The monoisotopic (exact) mass is 490 g/mol. The van der Waals surface area contributed by atoms with Crippen molar-refractivity contribution < 1.29 is 37.1 Å². The van der Waals surface area contributed by atoms with E-state index in [1.165, 1.54) is 24.3 Å². The molecular formula is C22H30F4N4O4. The van der Waals surface area contributed by atoms with Crippen LogP contribution in [0, 0.1) is 5.82 Å². The van der Waals surface area contributed by atoms with E-state index in [4.69, 9.17) is 9.90 Å². The molecule has 2 aliphatic rings. The number of rotatable bonds is 6. The van der Waals surface area contributed by atoms with Crippen LogP contribution in [0.15, 0.2) is 24.3 Å². The lowest BCUT2D eigenvalue weighted by Gasteiger charge is -2.33. The Kier molecular flexibility index (Phi) is 10.2. The largest absolute Gasteiger partial charge is 0.490 e. The Labute approximate surface area is 195 Å². The summed E-state index contributed by atoms with van der Waals surface area (Å²) in [6.45, 7) is 7.60. The van der Waals surface area contributed by atoms with Crippen molar-refractivity contribution in [3.8, 4) is 0 Å². The fourth-order valence-electron chi connectivity index (χ4n) is 3.94. The van der Waals surface area contributed by atoms with Crippen LogP contribution in [0.3, 0.4) is 0 Å². The predicted octanol–water partition coefficient (Wildman–Crippen LogP) is 1.82. The molecule has 2 aliphatic heterocycles. The van der Waals surface area contributed by atoms with Crippen molar-refractivity contribution in [2.24, 2.45) is 0 Å². The number of carboxylic acids is 1. The second kappa shape index (κ2) is 12.7. The number of piperazine rings is 1. The molecule has 190 valence electrons. The number of likely N-dealkylation sites (tertiary alicyclic amines) is 1. The van der Waals surface area contributed by atoms with Gasteiger partial charge in [0.1, 0.15) is 12.4 Å². The lowest BCUT2D eigenvalue weighted by Crippen LogP contribution is -2.52. The molecule has 1 aromatic rings. The first kappa shape index (κ1) is 27.5. The lowest BCUT2D eigenvalue weighted by atomic mass is 10.1. The number of hydrogen-bond acceptors (Lipinski definition) is 5. The van der Waals surface area contributed by atoms with Gasteiger partial charge in [-0.15, -0.1) is 0 Å². The molecule has 2 fully saturated rings. The highest BCUT2D eigenvalue weighted by Crippen LogP contribution is 2.19. The van der Waals surface area contributed by atoms with Gasteiger partial charge >= 0.3 is 12.1 Å². The Morgan fingerprint density at radius 1 is 1.12 bits per heavy atom. The summed E-state index contributed by atoms with van der Waals surface area (Å²) < 4.78 is 45.0. The van der Waals surface area contributed by atoms with E-state index in [0.29, 0.717) is 25.2 Å². The predicted molar refractivity (Wildman–Crippen MR) is 116 cm³/mol. The van der Waals surface area contributed by atoms with Crippen molar-refractivity contribution in [2.45, 2.75) is 32.0 Å². The van der Waals surface area contributed by atoms with Crippen LogP contribution < -0.4 is 5.32 Å². The molecule has 0 aromatic heterocycles. The minimum Gasteiger partial charge on any atom is -0.475 e. The van der Waals surface area contributed by atoms with E-state index in [-0.39, 0.29) is 30.2 Å². The number of benzene rings is 1. The zero-order valence-electron chi connectivity index (χ0n) is 19.0. The highest BCUT2D eigenvalue weighted by atomic mass is 19.4. The van der Waals surface area contributed by atoms with E-state index in [0.717, 1.165) is 39.0 Å². The van der Waals surface area contributed by atoms with Gasteiger partial charge < -0.3 is 20.2 Å². The molecule has 1 atom stereocenters. The molecule has 1 aromatic carbocycles. The van der Waals surface area contributed by atoms with Gasteiger partial charge in [0.05, 0.1) is 0 Å². The van der Waals surface area contributed by atoms with Gasteiger partial charge in [0.25, 0.3) is 5.91 Å². The molecule has 0 aliphatic carbocycles. The molecule has 0 spiro atoms. The van der Waals surface area contributed by atoms with Crippen LogP contribution in [0.4, 0.5) is 17.6 Å². The number of likely N-dealkylation sites (N-methyl/N-ethyl adjacent to an activating group) is 1. The van der Waals surface area contributed by atoms with Crippen molar-refractivity contribution in [1.82, 2.24) is 20.0 Å². The third kappa shape index (κ3) is 8.24. The minimum atomic E-state index is -5.08. The molecule has 2 saturated heterocycles. The van der Waals surface area contributed by atoms with Gasteiger partial charge in [-0.05, 0) is 50.2 Å². The number of hydrogen-bond donors (Lipinski definition) is 2. The van der Waals surface area contributed by atoms with Crippen LogP contribution in [0.25, 0.3) is 0 Å². The van der Waals surface area contributed by atoms with Gasteiger partial charge in [-0.25, -0.2) is 9.18 Å². The number of nitrogens with zero attached hydrogens (tertiary/aromatic N) is 3. The van der Waals surface area contributed by atoms with Gasteiger partial charge in [-0.2, -0.15) is 13.2 Å². The van der Waals surface area contributed by atoms with Crippen molar-refractivity contribution in [3.63, 3.8) is 0 Å². The average Bonchev–Trinajstić information content (AvgIpc) is 3.26. The van der Waals surface area contributed by atoms with E-state index in [1.807, 2.05) is 4.90 Å². The summed E-state index contributed by atoms with van der Waals surface area (Å²) in [5.74, 6) is -3.36. The molecule has 2 heterocycles. The maximum atomic E-state index is 13.2. The van der Waals surface area contributed by atoms with E-state index in [9.17, 15) is 27.2 Å². The molecule has 2 amide bonds. The van der Waals surface area contributed by atoms with Crippen LogP contribution in [0.1, 0.15) is 30.1 Å². The average molecular weight is 490 g/mol. The summed E-state index contributed by atoms with van der Waals surface area (Å²) in [5.41, 5.74) is 0.422. The first-order valence-corrected chi connectivity index (χ1v) is 11.1. The minimum absolute atomic E-state index is 0.0204. The van der Waals surface area contributed by atoms with Crippen molar-refractivity contribution in [1.29, 1.82) is 0 Å². The Balaban J connectivity index is 0.000000509. The summed E-state index contributed by atoms with van der Waals surface area (Å²) in [5, 5.41) is 10.4. The molecule has 2 N–H and O–H groups in total. The van der Waals surface area contributed by atoms with E-state index in [2.05, 4.69) is 17.1 Å². The Morgan fingerprint density at radius 2 is 1.71 bits per heavy atom. The quantitative estimate of drug-likeness (QED) is 0.591. The summed E-state index contributed by atoms with van der Waals surface area (Å²) >= 11 is 0. The standard InChI is InChI=1S/C20H29FN4O2.C2HF3O2/c1-2-23-11-3-4-18(23)14-25(15-19(26)24-12-9-22-10-13-24)20(27)16-5-7-17(21)8-6-16;3-2(4,5)1(6)7/h5-8,18,22H,2-4,9-15H2,1H3;(H,6,7). The summed E-state index contributed by atoms with van der Waals surface area (Å²) in [4.78, 5) is 40.5. The summed E-state index contributed by atoms with van der Waals surface area (Å²) in [7, 11) is 0. The molecule has 8 nitrogen and oxygen atoms in total. The van der Waals surface area contributed by atoms with E-state index < -0.39 is 12.1 Å². The van der Waals surface area contributed by atoms with Crippen LogP contribution in [0.2, 0.25) is 0 Å². The third-order valence-corrected chi connectivity index (χ3v) is 5.75. The number of amides is 2. The van der Waals surface area contributed by atoms with Gasteiger partial charge in [-0.3, -0.25) is 14.5 Å². The van der Waals surface area contributed by atoms with Crippen molar-refractivity contribution in [2.75, 3.05) is 52.4 Å². The maximum Gasteiger partial charge on any atom is 0.490 e. The van der Waals surface area contributed by atoms with Gasteiger partial charge in [0, 0.05) is 44.3 Å². The highest BCUT2D eigenvalue weighted by molar-refractivity contribution is 5.96. The number of aliphatic carboxylic acids is 1. The smallest absolute Gasteiger partial charge is 0.475 e. The molecular weight excluding hydrogens is 460 g/mol. The number of halogens is 4. The Hall–Kier alpha value is -2.73. The summed E-state index contributed by atoms with van der Waals surface area (Å²) in [6.07, 6.45) is -2.94. The van der Waals surface area contributed by atoms with Crippen LogP contribution in [0.5, 0.6) is 0 Å². The molecule has 0 radical (unpaired) electrons. The van der Waals surface area contributed by atoms with E-state index in [1.54, 1.807) is 4.90 Å². The van der Waals surface area contributed by atoms with Crippen LogP contribution in [-0.4, -0.2) is 102 Å². The third-order valence-electron chi connectivity index (χ3n) is 5.75. The molecule has 0 saturated carbocycles. The van der Waals surface area contributed by atoms with Gasteiger partial charge in [-0.1, -0.05) is 6.92 Å². The Bertz CT molecular complexity index is 829. The van der Waals surface area contributed by atoms with Crippen molar-refractivity contribution >= 4 is 17.8 Å². The van der Waals surface area contributed by atoms with Gasteiger partial charge in [0.2, 0.25) is 5.91 Å². The highest BCUT2D eigenvalue weighted by Gasteiger charge is 2.38. The molecule has 3 rings (SSSR count). The molecule has 12 heteroatoms. The second-order valence-corrected chi connectivity index (χ2v) is 8.05. The number of carbonyl (C=O) groups excluding carboxylic acids is 2. The fourth-order valence-corrected chi connectivity index (χ4v) is 3.94. The first-order valence-electron chi connectivity index (χ1n) is 11.1. The zero-order valence-corrected chi connectivity index (χ0v) is 19.0. The molecule has 34 heavy (non-hydrogen) atoms. The maximum absolute atomic E-state index is 13.2. The molecule has 1 unspecified atom stereocenters. The van der Waals surface area contributed by atoms with Crippen molar-refractivity contribution in [3.05, 3.63) is 35.6 Å². The second-order valence-electron chi connectivity index (χ2n) is 8.05. The Morgan fingerprint density at radius 3 is 2.24 bits per heavy atom. The SMILES string of the molecule is CCN1CCCC1CN(CC(=O)N1CCNCC1)C(=O)c1ccc(F)cc1.O=C(O)C(F)(F)F. The number of carboxylic acid groups (broad SMARTS) is 1. The van der Waals surface area contributed by atoms with E-state index >= 15 is 0 Å². The zero-order chi connectivity index (χ0) is 25.3. The number of alkyl halides is 3. The summed E-state index contributed by atoms with van der Waals surface area (Å²) in [6, 6.07) is 5.84. The number of carbonyl (C=O) groups is 3. The molecule has 0 bridgehead atoms. The van der Waals surface area contributed by atoms with Gasteiger partial charge in [0.15, 0.2) is 0 Å². The topological polar surface area (TPSA) is 93.2 Å². The fraction of sp³-hybridized carbons (Fsp3) is 0.591. The van der Waals surface area contributed by atoms with Crippen LogP contribution in [-0.2, 0) is 9.59 Å². The lowest BCUT2D eigenvalue weighted by molar-refractivity contribution is -0.192. The number of nitrogens with one attached hydrogen (secondary N) is 1. The van der Waals surface area contributed by atoms with Crippen LogP contribution >= 0.6 is 0 Å². The normalized spacial score (nSPS) is 18.7. The first-order chi connectivity index (χ1) is 16.0.